The van der Waals surface area contributed by atoms with Crippen LogP contribution in [0.15, 0.2) is 23.6 Å². The first-order valence-electron chi connectivity index (χ1n) is 2.16. The fourth-order valence-corrected chi connectivity index (χ4v) is 0.417. The molecule has 9 heavy (non-hydrogen) atoms. The van der Waals surface area contributed by atoms with E-state index in [2.05, 4.69) is 10.2 Å². The molecule has 1 aromatic rings. The lowest BCUT2D eigenvalue weighted by Gasteiger charge is -1.82. The second-order valence-corrected chi connectivity index (χ2v) is 1.25. The Morgan fingerprint density at radius 2 is 2.44 bits per heavy atom. The van der Waals surface area contributed by atoms with Gasteiger partial charge in [-0.2, -0.15) is 10.2 Å². The smallest absolute Gasteiger partial charge is 0.136 e. The van der Waals surface area contributed by atoms with Crippen molar-refractivity contribution in [2.45, 2.75) is 0 Å². The second kappa shape index (κ2) is 3.91. The number of halogens is 1. The molecule has 5 heteroatoms. The molecule has 0 aliphatic carbocycles. The third-order valence-electron chi connectivity index (χ3n) is 0.710. The van der Waals surface area contributed by atoms with Crippen molar-refractivity contribution in [2.75, 3.05) is 0 Å². The minimum absolute atomic E-state index is 0. The number of hydrogen-bond donors (Lipinski definition) is 1. The first kappa shape index (κ1) is 7.97. The molecule has 0 aromatic carbocycles. The van der Waals surface area contributed by atoms with Crippen LogP contribution >= 0.6 is 12.4 Å². The normalized spacial score (nSPS) is 9.33. The van der Waals surface area contributed by atoms with Gasteiger partial charge in [0.1, 0.15) is 6.34 Å². The van der Waals surface area contributed by atoms with E-state index < -0.39 is 0 Å². The summed E-state index contributed by atoms with van der Waals surface area (Å²) in [7, 11) is 0. The molecule has 0 aliphatic rings. The van der Waals surface area contributed by atoms with E-state index >= 15 is 0 Å². The Bertz CT molecular complexity index is 169. The van der Waals surface area contributed by atoms with Crippen LogP contribution in [0.1, 0.15) is 0 Å². The van der Waals surface area contributed by atoms with E-state index in [0.29, 0.717) is 0 Å². The molecule has 0 bridgehead atoms. The maximum Gasteiger partial charge on any atom is 0.136 e. The summed E-state index contributed by atoms with van der Waals surface area (Å²) in [6.45, 7) is 0. The molecule has 0 atom stereocenters. The summed E-state index contributed by atoms with van der Waals surface area (Å²) < 4.78 is 1.51. The Kier molecular flexibility index (Phi) is 3.46. The summed E-state index contributed by atoms with van der Waals surface area (Å²) in [5.74, 6) is 4.83. The third-order valence-corrected chi connectivity index (χ3v) is 0.710. The van der Waals surface area contributed by atoms with Gasteiger partial charge < -0.3 is 5.84 Å². The molecule has 1 aromatic heterocycles. The van der Waals surface area contributed by atoms with Gasteiger partial charge in [0.15, 0.2) is 0 Å². The van der Waals surface area contributed by atoms with Crippen LogP contribution in [0.4, 0.5) is 0 Å². The topological polar surface area (TPSA) is 56.2 Å². The first-order chi connectivity index (χ1) is 3.93. The molecule has 0 aliphatic heterocycles. The minimum Gasteiger partial charge on any atom is -0.322 e. The Hall–Kier alpha value is -1.03. The van der Waals surface area contributed by atoms with Crippen molar-refractivity contribution in [3.05, 3.63) is 18.5 Å². The van der Waals surface area contributed by atoms with Crippen LogP contribution in [-0.2, 0) is 0 Å². The second-order valence-electron chi connectivity index (χ2n) is 1.25. The van der Waals surface area contributed by atoms with Crippen molar-refractivity contribution < 1.29 is 0 Å². The van der Waals surface area contributed by atoms with Crippen LogP contribution in [0.2, 0.25) is 0 Å². The predicted octanol–water partition coefficient (Wildman–Crippen LogP) is 0.0550. The maximum atomic E-state index is 4.83. The largest absolute Gasteiger partial charge is 0.322 e. The van der Waals surface area contributed by atoms with Gasteiger partial charge in [0.25, 0.3) is 0 Å². The SMILES string of the molecule is Cl.N/N=C\n1cccn1. The van der Waals surface area contributed by atoms with Crippen LogP contribution < -0.4 is 5.84 Å². The van der Waals surface area contributed by atoms with Crippen LogP contribution in [0.3, 0.4) is 0 Å². The molecule has 0 saturated heterocycles. The average molecular weight is 147 g/mol. The van der Waals surface area contributed by atoms with E-state index in [4.69, 9.17) is 5.84 Å². The lowest BCUT2D eigenvalue weighted by atomic mass is 10.8. The monoisotopic (exact) mass is 146 g/mol. The first-order valence-corrected chi connectivity index (χ1v) is 2.16. The van der Waals surface area contributed by atoms with Crippen LogP contribution in [0.5, 0.6) is 0 Å². The van der Waals surface area contributed by atoms with Gasteiger partial charge in [-0.15, -0.1) is 12.4 Å². The highest BCUT2D eigenvalue weighted by Gasteiger charge is 1.76. The van der Waals surface area contributed by atoms with Crippen molar-refractivity contribution in [3.63, 3.8) is 0 Å². The molecule has 0 fully saturated rings. The predicted molar refractivity (Wildman–Crippen MR) is 37.6 cm³/mol. The van der Waals surface area contributed by atoms with E-state index in [-0.39, 0.29) is 12.4 Å². The van der Waals surface area contributed by atoms with Gasteiger partial charge in [-0.3, -0.25) is 0 Å². The average Bonchev–Trinajstić information content (AvgIpc) is 2.19. The molecule has 0 amide bonds. The van der Waals surface area contributed by atoms with Gasteiger partial charge in [0.2, 0.25) is 0 Å². The number of hydrogen-bond acceptors (Lipinski definition) is 3. The van der Waals surface area contributed by atoms with Crippen molar-refractivity contribution in [1.29, 1.82) is 0 Å². The van der Waals surface area contributed by atoms with E-state index in [1.165, 1.54) is 11.0 Å². The Labute approximate surface area is 58.8 Å². The van der Waals surface area contributed by atoms with Crippen LogP contribution in [0, 0.1) is 0 Å². The standard InChI is InChI=1S/C4H6N4.ClH/c5-6-4-8-3-1-2-7-8;/h1-4H,5H2;1H/b6-4-;. The fraction of sp³-hybridized carbons (Fsp3) is 0. The molecule has 2 N–H and O–H groups in total. The van der Waals surface area contributed by atoms with Crippen molar-refractivity contribution >= 4 is 18.7 Å². The summed E-state index contributed by atoms with van der Waals surface area (Å²) in [5.41, 5.74) is 0. The third kappa shape index (κ3) is 2.14. The maximum absolute atomic E-state index is 4.83. The Morgan fingerprint density at radius 3 is 2.89 bits per heavy atom. The highest BCUT2D eigenvalue weighted by Crippen LogP contribution is 1.75. The quantitative estimate of drug-likeness (QED) is 0.264. The zero-order valence-corrected chi connectivity index (χ0v) is 5.45. The zero-order valence-electron chi connectivity index (χ0n) is 4.64. The summed E-state index contributed by atoms with van der Waals surface area (Å²) in [6, 6.07) is 1.79. The molecule has 0 unspecified atom stereocenters. The van der Waals surface area contributed by atoms with E-state index in [1.54, 1.807) is 18.5 Å². The fourth-order valence-electron chi connectivity index (χ4n) is 0.417. The lowest BCUT2D eigenvalue weighted by Crippen LogP contribution is -1.96. The minimum atomic E-state index is 0. The lowest BCUT2D eigenvalue weighted by molar-refractivity contribution is 0.947. The van der Waals surface area contributed by atoms with Gasteiger partial charge in [0.05, 0.1) is 0 Å². The Balaban J connectivity index is 0.000000640. The summed E-state index contributed by atoms with van der Waals surface area (Å²) in [5, 5.41) is 7.05. The molecule has 1 heterocycles. The molecule has 50 valence electrons. The summed E-state index contributed by atoms with van der Waals surface area (Å²) in [6.07, 6.45) is 4.82. The number of aromatic nitrogens is 2. The van der Waals surface area contributed by atoms with Crippen LogP contribution in [-0.4, -0.2) is 16.1 Å². The molecule has 0 radical (unpaired) electrons. The van der Waals surface area contributed by atoms with Gasteiger partial charge >= 0.3 is 0 Å². The van der Waals surface area contributed by atoms with Crippen molar-refractivity contribution in [1.82, 2.24) is 9.78 Å². The molecule has 0 spiro atoms. The van der Waals surface area contributed by atoms with Gasteiger partial charge in [-0.05, 0) is 6.07 Å². The highest BCUT2D eigenvalue weighted by atomic mass is 35.5. The molecule has 0 saturated carbocycles. The number of nitrogens with zero attached hydrogens (tertiary/aromatic N) is 3. The van der Waals surface area contributed by atoms with Gasteiger partial charge in [0, 0.05) is 12.4 Å². The van der Waals surface area contributed by atoms with E-state index in [1.807, 2.05) is 0 Å². The van der Waals surface area contributed by atoms with Crippen LogP contribution in [0.25, 0.3) is 0 Å². The van der Waals surface area contributed by atoms with Crippen molar-refractivity contribution in [2.24, 2.45) is 10.9 Å². The number of rotatable bonds is 1. The van der Waals surface area contributed by atoms with Crippen molar-refractivity contribution in [3.8, 4) is 0 Å². The summed E-state index contributed by atoms with van der Waals surface area (Å²) in [4.78, 5) is 0. The summed E-state index contributed by atoms with van der Waals surface area (Å²) >= 11 is 0. The van der Waals surface area contributed by atoms with Gasteiger partial charge in [-0.1, -0.05) is 0 Å². The van der Waals surface area contributed by atoms with Gasteiger partial charge in [-0.25, -0.2) is 4.68 Å². The molecule has 4 nitrogen and oxygen atoms in total. The van der Waals surface area contributed by atoms with E-state index in [0.717, 1.165) is 0 Å². The number of hydrazone groups is 1. The Morgan fingerprint density at radius 1 is 1.67 bits per heavy atom. The zero-order chi connectivity index (χ0) is 5.82. The molecular weight excluding hydrogens is 140 g/mol. The van der Waals surface area contributed by atoms with E-state index in [9.17, 15) is 0 Å². The number of nitrogens with two attached hydrogens (primary N) is 1. The molecule has 1 rings (SSSR count). The molecular formula is C4H7ClN4. The highest BCUT2D eigenvalue weighted by molar-refractivity contribution is 5.85.